The van der Waals surface area contributed by atoms with Crippen LogP contribution in [-0.4, -0.2) is 51.9 Å². The molecule has 0 aliphatic heterocycles. The second-order valence-corrected chi connectivity index (χ2v) is 4.86. The van der Waals surface area contributed by atoms with Crippen molar-refractivity contribution in [3.8, 4) is 0 Å². The molecule has 9 heteroatoms. The number of carbonyl (C=O) groups excluding carboxylic acids is 1. The topological polar surface area (TPSA) is 75.8 Å². The van der Waals surface area contributed by atoms with Crippen LogP contribution in [0.2, 0.25) is 0 Å². The van der Waals surface area contributed by atoms with Gasteiger partial charge >= 0.3 is 6.03 Å². The molecule has 0 saturated heterocycles. The first-order valence-electron chi connectivity index (χ1n) is 4.55. The second-order valence-electron chi connectivity index (χ2n) is 2.89. The number of nitrogens with two attached hydrogens (primary N) is 1. The van der Waals surface area contributed by atoms with E-state index in [0.717, 1.165) is 0 Å². The van der Waals surface area contributed by atoms with E-state index in [1.165, 1.54) is 0 Å². The predicted molar refractivity (Wildman–Crippen MR) is 70.4 cm³/mol. The Labute approximate surface area is 116 Å². The monoisotopic (exact) mass is 379 g/mol. The summed E-state index contributed by atoms with van der Waals surface area (Å²) >= 11 is 12.1. The molecule has 0 aliphatic carbocycles. The molecule has 0 heterocycles. The Kier molecular flexibility index (Phi) is 8.47. The van der Waals surface area contributed by atoms with Crippen molar-refractivity contribution in [3.63, 3.8) is 0 Å². The zero-order chi connectivity index (χ0) is 12.6. The summed E-state index contributed by atoms with van der Waals surface area (Å²) in [5.41, 5.74) is 5.24. The highest BCUT2D eigenvalue weighted by molar-refractivity contribution is 9.09. The number of hydrogen-bond acceptors (Lipinski definition) is 4. The van der Waals surface area contributed by atoms with E-state index in [2.05, 4.69) is 37.1 Å². The third-order valence-electron chi connectivity index (χ3n) is 2.04. The number of primary amides is 1. The van der Waals surface area contributed by atoms with Gasteiger partial charge in [0.25, 0.3) is 0 Å². The third-order valence-corrected chi connectivity index (χ3v) is 2.92. The molecule has 16 heavy (non-hydrogen) atoms. The van der Waals surface area contributed by atoms with Crippen molar-refractivity contribution in [2.24, 2.45) is 11.0 Å². The summed E-state index contributed by atoms with van der Waals surface area (Å²) in [6.07, 6.45) is 0. The molecular weight excluding hydrogens is 367 g/mol. The SMILES string of the molecule is NC(=O)[N+](CCCl)(N=O)N(CCBr)CCBr. The van der Waals surface area contributed by atoms with Crippen molar-refractivity contribution in [2.45, 2.75) is 0 Å². The van der Waals surface area contributed by atoms with E-state index in [9.17, 15) is 9.70 Å². The van der Waals surface area contributed by atoms with E-state index in [4.69, 9.17) is 17.3 Å². The van der Waals surface area contributed by atoms with Crippen LogP contribution >= 0.6 is 43.5 Å². The number of nitrogens with zero attached hydrogens (tertiary/aromatic N) is 3. The molecule has 0 radical (unpaired) electrons. The van der Waals surface area contributed by atoms with Gasteiger partial charge in [-0.25, -0.2) is 4.79 Å². The van der Waals surface area contributed by atoms with Gasteiger partial charge in [0.05, 0.1) is 19.0 Å². The minimum Gasteiger partial charge on any atom is -0.315 e. The van der Waals surface area contributed by atoms with Crippen LogP contribution in [0, 0.1) is 4.91 Å². The number of alkyl halides is 3. The minimum atomic E-state index is -0.822. The van der Waals surface area contributed by atoms with Crippen LogP contribution in [0.15, 0.2) is 5.29 Å². The van der Waals surface area contributed by atoms with Crippen molar-refractivity contribution >= 4 is 49.5 Å². The number of amides is 2. The molecule has 0 aromatic heterocycles. The Morgan fingerprint density at radius 3 is 2.12 bits per heavy atom. The van der Waals surface area contributed by atoms with Crippen molar-refractivity contribution in [1.82, 2.24) is 5.01 Å². The normalized spacial score (nSPS) is 14.8. The average Bonchev–Trinajstić information content (AvgIpc) is 2.25. The Balaban J connectivity index is 5.05. The molecule has 6 nitrogen and oxygen atoms in total. The van der Waals surface area contributed by atoms with Gasteiger partial charge in [-0.3, -0.25) is 0 Å². The summed E-state index contributed by atoms with van der Waals surface area (Å²) in [7, 11) is 0. The third kappa shape index (κ3) is 3.92. The van der Waals surface area contributed by atoms with Crippen molar-refractivity contribution < 1.29 is 9.50 Å². The fraction of sp³-hybridized carbons (Fsp3) is 0.857. The number of hydrogen-bond donors (Lipinski definition) is 1. The van der Waals surface area contributed by atoms with Crippen molar-refractivity contribution in [1.29, 1.82) is 0 Å². The number of rotatable bonds is 8. The minimum absolute atomic E-state index is 0.0559. The lowest BCUT2D eigenvalue weighted by atomic mass is 10.5. The van der Waals surface area contributed by atoms with E-state index in [1.54, 1.807) is 5.01 Å². The fourth-order valence-electron chi connectivity index (χ4n) is 1.28. The zero-order valence-corrected chi connectivity index (χ0v) is 12.5. The highest BCUT2D eigenvalue weighted by Gasteiger charge is 2.44. The van der Waals surface area contributed by atoms with Crippen LogP contribution in [0.25, 0.3) is 0 Å². The van der Waals surface area contributed by atoms with E-state index in [1.807, 2.05) is 0 Å². The molecule has 0 saturated carbocycles. The summed E-state index contributed by atoms with van der Waals surface area (Å²) in [6, 6.07) is -0.822. The standard InChI is InChI=1S/C7H13Br2ClN4O2/c8-1-4-13(5-2-9)14(12-16,6-3-10)7(11)15/h1-6H2,(H-,11,15)/p+1. The lowest BCUT2D eigenvalue weighted by Gasteiger charge is -2.32. The Bertz CT molecular complexity index is 240. The first kappa shape index (κ1) is 16.2. The van der Waals surface area contributed by atoms with Crippen LogP contribution in [0.3, 0.4) is 0 Å². The van der Waals surface area contributed by atoms with Gasteiger partial charge in [-0.05, 0) is 4.70 Å². The molecule has 0 bridgehead atoms. The van der Waals surface area contributed by atoms with Crippen LogP contribution < -0.4 is 5.73 Å². The quantitative estimate of drug-likeness (QED) is 0.302. The van der Waals surface area contributed by atoms with Crippen molar-refractivity contribution in [2.75, 3.05) is 36.2 Å². The van der Waals surface area contributed by atoms with Crippen LogP contribution in [0.1, 0.15) is 0 Å². The highest BCUT2D eigenvalue weighted by atomic mass is 79.9. The van der Waals surface area contributed by atoms with Gasteiger partial charge < -0.3 is 5.73 Å². The zero-order valence-electron chi connectivity index (χ0n) is 8.61. The van der Waals surface area contributed by atoms with Gasteiger partial charge in [0.2, 0.25) is 0 Å². The van der Waals surface area contributed by atoms with Gasteiger partial charge in [-0.1, -0.05) is 36.8 Å². The van der Waals surface area contributed by atoms with Gasteiger partial charge in [0.15, 0.2) is 5.29 Å². The van der Waals surface area contributed by atoms with Gasteiger partial charge in [0.1, 0.15) is 6.54 Å². The number of carbonyl (C=O) groups is 1. The van der Waals surface area contributed by atoms with E-state index in [0.29, 0.717) is 23.7 Å². The average molecular weight is 381 g/mol. The Morgan fingerprint density at radius 2 is 1.88 bits per heavy atom. The lowest BCUT2D eigenvalue weighted by Crippen LogP contribution is -2.63. The van der Waals surface area contributed by atoms with Gasteiger partial charge in [-0.15, -0.1) is 16.6 Å². The van der Waals surface area contributed by atoms with E-state index in [-0.39, 0.29) is 12.4 Å². The van der Waals surface area contributed by atoms with E-state index < -0.39 is 10.7 Å². The largest absolute Gasteiger partial charge is 0.463 e. The van der Waals surface area contributed by atoms with Crippen LogP contribution in [-0.2, 0) is 0 Å². The number of quaternary nitrogens is 1. The first-order chi connectivity index (χ1) is 7.58. The highest BCUT2D eigenvalue weighted by Crippen LogP contribution is 2.15. The molecule has 2 N–H and O–H groups in total. The van der Waals surface area contributed by atoms with Crippen molar-refractivity contribution in [3.05, 3.63) is 4.91 Å². The summed E-state index contributed by atoms with van der Waals surface area (Å²) < 4.78 is -0.805. The molecule has 0 rings (SSSR count). The fourth-order valence-corrected chi connectivity index (χ4v) is 2.33. The lowest BCUT2D eigenvalue weighted by molar-refractivity contribution is -0.970. The maximum absolute atomic E-state index is 11.4. The molecule has 94 valence electrons. The molecule has 2 amide bonds. The summed E-state index contributed by atoms with van der Waals surface area (Å²) in [4.78, 5) is 22.3. The smallest absolute Gasteiger partial charge is 0.315 e. The van der Waals surface area contributed by atoms with E-state index >= 15 is 0 Å². The molecular formula is C7H14Br2ClN4O2+. The Hall–Kier alpha value is 0.240. The van der Waals surface area contributed by atoms with Crippen LogP contribution in [0.4, 0.5) is 4.79 Å². The Morgan fingerprint density at radius 1 is 1.38 bits per heavy atom. The number of nitroso groups, excluding NO2 is 1. The second kappa shape index (κ2) is 8.35. The van der Waals surface area contributed by atoms with Crippen LogP contribution in [0.5, 0.6) is 0 Å². The molecule has 0 fully saturated rings. The summed E-state index contributed by atoms with van der Waals surface area (Å²) in [6.45, 7) is 0.995. The molecule has 1 atom stereocenters. The van der Waals surface area contributed by atoms with Gasteiger partial charge in [0, 0.05) is 10.7 Å². The molecule has 0 aromatic carbocycles. The molecule has 0 aliphatic rings. The number of urea groups is 1. The first-order valence-corrected chi connectivity index (χ1v) is 7.33. The molecule has 0 spiro atoms. The maximum Gasteiger partial charge on any atom is 0.463 e. The number of halogens is 3. The summed E-state index contributed by atoms with van der Waals surface area (Å²) in [5, 5.41) is 5.63. The van der Waals surface area contributed by atoms with Gasteiger partial charge in [-0.2, -0.15) is 0 Å². The maximum atomic E-state index is 11.4. The predicted octanol–water partition coefficient (Wildman–Crippen LogP) is 1.81. The molecule has 0 aromatic rings. The summed E-state index contributed by atoms with van der Waals surface area (Å²) in [5.74, 6) is 0.121. The molecule has 1 unspecified atom stereocenters.